The molecule has 26 heavy (non-hydrogen) atoms. The van der Waals surface area contributed by atoms with Crippen molar-refractivity contribution < 1.29 is 13.5 Å². The van der Waals surface area contributed by atoms with Crippen LogP contribution in [0.25, 0.3) is 11.3 Å². The SMILES string of the molecule is CC(C)(C)N1CCC2(CC1)Oc1ccccc1-c1nn(C(F)(F)Br)cc12. The third-order valence-corrected chi connectivity index (χ3v) is 5.80. The van der Waals surface area contributed by atoms with Crippen LogP contribution in [0, 0.1) is 0 Å². The second-order valence-corrected chi connectivity index (χ2v) is 9.01. The lowest BCUT2D eigenvalue weighted by Gasteiger charge is -2.47. The van der Waals surface area contributed by atoms with Crippen molar-refractivity contribution in [1.29, 1.82) is 0 Å². The topological polar surface area (TPSA) is 30.3 Å². The van der Waals surface area contributed by atoms with Gasteiger partial charge in [0.2, 0.25) is 0 Å². The van der Waals surface area contributed by atoms with E-state index in [2.05, 4.69) is 46.7 Å². The van der Waals surface area contributed by atoms with Crippen LogP contribution in [0.3, 0.4) is 0 Å². The van der Waals surface area contributed by atoms with Gasteiger partial charge in [0, 0.05) is 64.7 Å². The van der Waals surface area contributed by atoms with Gasteiger partial charge in [-0.3, -0.25) is 4.90 Å². The normalized spacial score (nSPS) is 19.8. The van der Waals surface area contributed by atoms with Crippen molar-refractivity contribution in [1.82, 2.24) is 14.7 Å². The average Bonchev–Trinajstić information content (AvgIpc) is 3.01. The molecule has 0 radical (unpaired) electrons. The highest BCUT2D eigenvalue weighted by atomic mass is 79.9. The van der Waals surface area contributed by atoms with Crippen LogP contribution < -0.4 is 4.74 Å². The van der Waals surface area contributed by atoms with Crippen molar-refractivity contribution in [2.45, 2.75) is 49.7 Å². The lowest BCUT2D eigenvalue weighted by atomic mass is 9.80. The van der Waals surface area contributed by atoms with E-state index in [-0.39, 0.29) is 5.54 Å². The summed E-state index contributed by atoms with van der Waals surface area (Å²) in [6, 6.07) is 7.53. The number of benzene rings is 1. The van der Waals surface area contributed by atoms with Crippen molar-refractivity contribution in [2.75, 3.05) is 13.1 Å². The minimum absolute atomic E-state index is 0.0735. The van der Waals surface area contributed by atoms with Gasteiger partial charge in [-0.15, -0.1) is 0 Å². The molecule has 1 spiro atoms. The summed E-state index contributed by atoms with van der Waals surface area (Å²) in [6.07, 6.45) is 2.92. The van der Waals surface area contributed by atoms with E-state index in [0.717, 1.165) is 37.1 Å². The lowest BCUT2D eigenvalue weighted by molar-refractivity contribution is -0.0291. The fourth-order valence-electron chi connectivity index (χ4n) is 3.96. The Balaban J connectivity index is 1.79. The Labute approximate surface area is 160 Å². The summed E-state index contributed by atoms with van der Waals surface area (Å²) in [4.78, 5) is -0.822. The average molecular weight is 426 g/mol. The number of fused-ring (bicyclic) bond motifs is 4. The van der Waals surface area contributed by atoms with Crippen molar-refractivity contribution >= 4 is 15.9 Å². The zero-order valence-corrected chi connectivity index (χ0v) is 16.7. The lowest BCUT2D eigenvalue weighted by Crippen LogP contribution is -2.52. The van der Waals surface area contributed by atoms with Crippen LogP contribution in [-0.4, -0.2) is 33.3 Å². The highest BCUT2D eigenvalue weighted by Crippen LogP contribution is 2.50. The predicted octanol–water partition coefficient (Wildman–Crippen LogP) is 4.93. The van der Waals surface area contributed by atoms with Gasteiger partial charge in [0.1, 0.15) is 17.0 Å². The van der Waals surface area contributed by atoms with E-state index in [4.69, 9.17) is 4.74 Å². The molecule has 2 aliphatic heterocycles. The molecule has 1 saturated heterocycles. The van der Waals surface area contributed by atoms with Gasteiger partial charge < -0.3 is 4.74 Å². The highest BCUT2D eigenvalue weighted by Gasteiger charge is 2.47. The summed E-state index contributed by atoms with van der Waals surface area (Å²) in [5.74, 6) is 0.715. The molecule has 0 atom stereocenters. The van der Waals surface area contributed by atoms with Crippen molar-refractivity contribution in [3.05, 3.63) is 36.0 Å². The Morgan fingerprint density at radius 2 is 1.81 bits per heavy atom. The van der Waals surface area contributed by atoms with Crippen molar-refractivity contribution in [3.8, 4) is 17.0 Å². The van der Waals surface area contributed by atoms with Gasteiger partial charge in [-0.1, -0.05) is 12.1 Å². The van der Waals surface area contributed by atoms with E-state index in [1.165, 1.54) is 6.20 Å². The molecule has 2 aliphatic rings. The quantitative estimate of drug-likeness (QED) is 0.606. The molecule has 1 fully saturated rings. The van der Waals surface area contributed by atoms with Gasteiger partial charge in [0.15, 0.2) is 0 Å². The molecule has 140 valence electrons. The van der Waals surface area contributed by atoms with E-state index >= 15 is 0 Å². The molecular weight excluding hydrogens is 404 g/mol. The molecule has 0 amide bonds. The summed E-state index contributed by atoms with van der Waals surface area (Å²) in [5.41, 5.74) is 1.58. The smallest absolute Gasteiger partial charge is 0.401 e. The summed E-state index contributed by atoms with van der Waals surface area (Å²) >= 11 is 2.42. The first-order valence-corrected chi connectivity index (χ1v) is 9.60. The molecule has 0 N–H and O–H groups in total. The number of aromatic nitrogens is 2. The molecule has 2 aromatic rings. The number of hydrogen-bond donors (Lipinski definition) is 0. The van der Waals surface area contributed by atoms with E-state index < -0.39 is 10.6 Å². The number of para-hydroxylation sites is 1. The molecule has 0 saturated carbocycles. The minimum atomic E-state index is -3.23. The Morgan fingerprint density at radius 1 is 1.15 bits per heavy atom. The monoisotopic (exact) mass is 425 g/mol. The Morgan fingerprint density at radius 3 is 2.42 bits per heavy atom. The van der Waals surface area contributed by atoms with E-state index in [0.29, 0.717) is 16.1 Å². The third kappa shape index (κ3) is 2.85. The first kappa shape index (κ1) is 17.9. The molecule has 3 heterocycles. The molecule has 4 rings (SSSR count). The molecule has 1 aromatic carbocycles. The van der Waals surface area contributed by atoms with Crippen molar-refractivity contribution in [2.24, 2.45) is 0 Å². The first-order chi connectivity index (χ1) is 12.1. The molecule has 4 nitrogen and oxygen atoms in total. The number of alkyl halides is 3. The summed E-state index contributed by atoms with van der Waals surface area (Å²) < 4.78 is 34.8. The van der Waals surface area contributed by atoms with Crippen LogP contribution in [-0.2, 0) is 10.6 Å². The minimum Gasteiger partial charge on any atom is -0.482 e. The number of piperidine rings is 1. The second-order valence-electron chi connectivity index (χ2n) is 8.05. The van der Waals surface area contributed by atoms with Gasteiger partial charge in [0.25, 0.3) is 0 Å². The second kappa shape index (κ2) is 5.76. The molecular formula is C19H22BrF2N3O. The largest absolute Gasteiger partial charge is 0.482 e. The van der Waals surface area contributed by atoms with Gasteiger partial charge in [-0.25, -0.2) is 0 Å². The Bertz CT molecular complexity index is 830. The highest BCUT2D eigenvalue weighted by molar-refractivity contribution is 9.09. The van der Waals surface area contributed by atoms with Crippen LogP contribution in [0.5, 0.6) is 5.75 Å². The summed E-state index contributed by atoms with van der Waals surface area (Å²) in [6.45, 7) is 8.27. The third-order valence-electron chi connectivity index (χ3n) is 5.43. The first-order valence-electron chi connectivity index (χ1n) is 8.81. The van der Waals surface area contributed by atoms with Crippen LogP contribution in [0.4, 0.5) is 8.78 Å². The maximum atomic E-state index is 13.9. The summed E-state index contributed by atoms with van der Waals surface area (Å²) in [5, 5.41) is 4.21. The van der Waals surface area contributed by atoms with Crippen molar-refractivity contribution in [3.63, 3.8) is 0 Å². The summed E-state index contributed by atoms with van der Waals surface area (Å²) in [7, 11) is 0. The van der Waals surface area contributed by atoms with Crippen LogP contribution in [0.1, 0.15) is 39.2 Å². The number of ether oxygens (including phenoxy) is 1. The molecule has 1 aromatic heterocycles. The molecule has 7 heteroatoms. The standard InChI is InChI=1S/C19H22BrF2N3O/c1-17(2,3)24-10-8-18(9-11-24)14-12-25(19(20,21)22)23-16(14)13-6-4-5-7-15(13)26-18/h4-7,12H,8-11H2,1-3H3. The number of halogens is 3. The van der Waals surface area contributed by atoms with Gasteiger partial charge in [-0.2, -0.15) is 18.6 Å². The fraction of sp³-hybridized carbons (Fsp3) is 0.526. The Kier molecular flexibility index (Phi) is 3.97. The molecule has 0 aliphatic carbocycles. The van der Waals surface area contributed by atoms with Gasteiger partial charge in [0.05, 0.1) is 0 Å². The predicted molar refractivity (Wildman–Crippen MR) is 99.6 cm³/mol. The number of rotatable bonds is 1. The van der Waals surface area contributed by atoms with Gasteiger partial charge in [-0.05, 0) is 32.9 Å². The number of hydrogen-bond acceptors (Lipinski definition) is 3. The molecule has 0 bridgehead atoms. The zero-order chi connectivity index (χ0) is 18.7. The molecule has 0 unspecified atom stereocenters. The van der Waals surface area contributed by atoms with Crippen LogP contribution >= 0.6 is 15.9 Å². The number of nitrogens with zero attached hydrogens (tertiary/aromatic N) is 3. The van der Waals surface area contributed by atoms with Crippen LogP contribution in [0.15, 0.2) is 30.5 Å². The van der Waals surface area contributed by atoms with Gasteiger partial charge >= 0.3 is 4.96 Å². The maximum Gasteiger partial charge on any atom is 0.401 e. The van der Waals surface area contributed by atoms with Crippen LogP contribution in [0.2, 0.25) is 0 Å². The van der Waals surface area contributed by atoms with E-state index in [1.807, 2.05) is 24.3 Å². The Hall–Kier alpha value is -1.47. The van der Waals surface area contributed by atoms with E-state index in [1.54, 1.807) is 0 Å². The maximum absolute atomic E-state index is 13.9. The fourth-order valence-corrected chi connectivity index (χ4v) is 4.14. The number of likely N-dealkylation sites (tertiary alicyclic amines) is 1. The zero-order valence-electron chi connectivity index (χ0n) is 15.1. The van der Waals surface area contributed by atoms with E-state index in [9.17, 15) is 8.78 Å².